The van der Waals surface area contributed by atoms with E-state index in [1.54, 1.807) is 0 Å². The number of anilines is 1. The van der Waals surface area contributed by atoms with E-state index in [2.05, 4.69) is 25.7 Å². The number of methoxy groups -OCH3 is 1. The van der Waals surface area contributed by atoms with Crippen molar-refractivity contribution in [2.24, 2.45) is 0 Å². The molecule has 0 aliphatic rings. The SMILES string of the molecule is COC(=O)c1nc(N)c(CBr)cc1C(F)F. The molecule has 4 nitrogen and oxygen atoms in total. The van der Waals surface area contributed by atoms with Crippen molar-refractivity contribution in [1.82, 2.24) is 4.98 Å². The maximum atomic E-state index is 12.7. The molecule has 16 heavy (non-hydrogen) atoms. The number of carbonyl (C=O) groups excluding carboxylic acids is 1. The van der Waals surface area contributed by atoms with E-state index in [1.165, 1.54) is 0 Å². The Kier molecular flexibility index (Phi) is 4.17. The molecular formula is C9H9BrF2N2O2. The molecule has 0 amide bonds. The highest BCUT2D eigenvalue weighted by Gasteiger charge is 2.22. The number of nitrogens with zero attached hydrogens (tertiary/aromatic N) is 1. The van der Waals surface area contributed by atoms with E-state index in [1.807, 2.05) is 0 Å². The number of esters is 1. The van der Waals surface area contributed by atoms with Gasteiger partial charge < -0.3 is 10.5 Å². The summed E-state index contributed by atoms with van der Waals surface area (Å²) >= 11 is 3.09. The van der Waals surface area contributed by atoms with Crippen molar-refractivity contribution < 1.29 is 18.3 Å². The van der Waals surface area contributed by atoms with Crippen molar-refractivity contribution in [3.05, 3.63) is 22.9 Å². The maximum Gasteiger partial charge on any atom is 0.357 e. The van der Waals surface area contributed by atoms with Gasteiger partial charge >= 0.3 is 5.97 Å². The summed E-state index contributed by atoms with van der Waals surface area (Å²) in [4.78, 5) is 14.8. The van der Waals surface area contributed by atoms with Gasteiger partial charge in [0, 0.05) is 10.9 Å². The topological polar surface area (TPSA) is 65.2 Å². The lowest BCUT2D eigenvalue weighted by atomic mass is 10.1. The Morgan fingerprint density at radius 2 is 2.31 bits per heavy atom. The van der Waals surface area contributed by atoms with Gasteiger partial charge in [-0.2, -0.15) is 0 Å². The smallest absolute Gasteiger partial charge is 0.357 e. The van der Waals surface area contributed by atoms with Crippen molar-refractivity contribution >= 4 is 27.7 Å². The van der Waals surface area contributed by atoms with Gasteiger partial charge in [0.1, 0.15) is 5.82 Å². The predicted molar refractivity (Wildman–Crippen MR) is 57.6 cm³/mol. The molecule has 2 N–H and O–H groups in total. The van der Waals surface area contributed by atoms with Crippen LogP contribution in [0, 0.1) is 0 Å². The molecule has 0 bridgehead atoms. The number of nitrogens with two attached hydrogens (primary N) is 1. The number of halogens is 3. The highest BCUT2D eigenvalue weighted by Crippen LogP contribution is 2.26. The first-order chi connectivity index (χ1) is 7.51. The van der Waals surface area contributed by atoms with Crippen molar-refractivity contribution in [2.75, 3.05) is 12.8 Å². The Balaban J connectivity index is 3.36. The van der Waals surface area contributed by atoms with Gasteiger partial charge in [0.25, 0.3) is 6.43 Å². The van der Waals surface area contributed by atoms with Crippen LogP contribution in [0.4, 0.5) is 14.6 Å². The molecule has 0 saturated carbocycles. The van der Waals surface area contributed by atoms with Gasteiger partial charge in [-0.15, -0.1) is 0 Å². The molecule has 0 radical (unpaired) electrons. The largest absolute Gasteiger partial charge is 0.464 e. The summed E-state index contributed by atoms with van der Waals surface area (Å²) in [6.45, 7) is 0. The van der Waals surface area contributed by atoms with Crippen LogP contribution in [0.2, 0.25) is 0 Å². The number of rotatable bonds is 3. The van der Waals surface area contributed by atoms with Crippen molar-refractivity contribution in [2.45, 2.75) is 11.8 Å². The van der Waals surface area contributed by atoms with Crippen molar-refractivity contribution in [1.29, 1.82) is 0 Å². The molecule has 1 aromatic rings. The first-order valence-electron chi connectivity index (χ1n) is 4.23. The number of carbonyl (C=O) groups is 1. The zero-order chi connectivity index (χ0) is 12.3. The molecule has 1 aromatic heterocycles. The van der Waals surface area contributed by atoms with Crippen LogP contribution in [-0.2, 0) is 10.1 Å². The van der Waals surface area contributed by atoms with Crippen LogP contribution in [0.5, 0.6) is 0 Å². The average molecular weight is 295 g/mol. The van der Waals surface area contributed by atoms with Gasteiger partial charge in [-0.1, -0.05) is 15.9 Å². The molecule has 0 aliphatic heterocycles. The quantitative estimate of drug-likeness (QED) is 0.686. The lowest BCUT2D eigenvalue weighted by Crippen LogP contribution is -2.12. The summed E-state index contributed by atoms with van der Waals surface area (Å²) in [7, 11) is 1.09. The number of nitrogen functional groups attached to an aromatic ring is 1. The second-order valence-electron chi connectivity index (χ2n) is 2.90. The van der Waals surface area contributed by atoms with Gasteiger partial charge in [0.2, 0.25) is 0 Å². The zero-order valence-corrected chi connectivity index (χ0v) is 9.92. The average Bonchev–Trinajstić information content (AvgIpc) is 2.27. The number of hydrogen-bond donors (Lipinski definition) is 1. The molecule has 0 saturated heterocycles. The van der Waals surface area contributed by atoms with Gasteiger partial charge in [0.15, 0.2) is 5.69 Å². The minimum atomic E-state index is -2.81. The van der Waals surface area contributed by atoms with Crippen LogP contribution in [0.15, 0.2) is 6.07 Å². The number of alkyl halides is 3. The first-order valence-corrected chi connectivity index (χ1v) is 5.35. The summed E-state index contributed by atoms with van der Waals surface area (Å²) in [6, 6.07) is 1.15. The molecule has 0 aromatic carbocycles. The Labute approximate surface area is 98.9 Å². The Bertz CT molecular complexity index is 413. The molecule has 1 heterocycles. The van der Waals surface area contributed by atoms with E-state index >= 15 is 0 Å². The Morgan fingerprint density at radius 1 is 1.69 bits per heavy atom. The lowest BCUT2D eigenvalue weighted by Gasteiger charge is -2.09. The van der Waals surface area contributed by atoms with Gasteiger partial charge in [-0.25, -0.2) is 18.6 Å². The van der Waals surface area contributed by atoms with Gasteiger partial charge in [0.05, 0.1) is 12.7 Å². The highest BCUT2D eigenvalue weighted by atomic mass is 79.9. The third kappa shape index (κ3) is 2.46. The van der Waals surface area contributed by atoms with Gasteiger partial charge in [-0.3, -0.25) is 0 Å². The fourth-order valence-electron chi connectivity index (χ4n) is 1.12. The van der Waals surface area contributed by atoms with Crippen LogP contribution < -0.4 is 5.73 Å². The monoisotopic (exact) mass is 294 g/mol. The molecule has 7 heteroatoms. The van der Waals surface area contributed by atoms with Crippen molar-refractivity contribution in [3.63, 3.8) is 0 Å². The number of pyridine rings is 1. The molecule has 0 atom stereocenters. The first kappa shape index (κ1) is 12.8. The van der Waals surface area contributed by atoms with E-state index in [0.29, 0.717) is 5.56 Å². The third-order valence-electron chi connectivity index (χ3n) is 1.92. The minimum Gasteiger partial charge on any atom is -0.464 e. The molecule has 0 aliphatic carbocycles. The molecule has 0 fully saturated rings. The number of ether oxygens (including phenoxy) is 1. The highest BCUT2D eigenvalue weighted by molar-refractivity contribution is 9.08. The van der Waals surface area contributed by atoms with E-state index < -0.39 is 23.7 Å². The molecule has 0 unspecified atom stereocenters. The van der Waals surface area contributed by atoms with Crippen LogP contribution in [0.3, 0.4) is 0 Å². The van der Waals surface area contributed by atoms with Crippen molar-refractivity contribution in [3.8, 4) is 0 Å². The Hall–Kier alpha value is -1.24. The standard InChI is InChI=1S/C9H9BrF2N2O2/c1-16-9(15)6-5(7(11)12)2-4(3-10)8(13)14-6/h2,7H,3H2,1H3,(H2,13,14). The van der Waals surface area contributed by atoms with E-state index in [0.717, 1.165) is 13.2 Å². The van der Waals surface area contributed by atoms with E-state index in [-0.39, 0.29) is 11.1 Å². The zero-order valence-electron chi connectivity index (χ0n) is 8.34. The van der Waals surface area contributed by atoms with E-state index in [4.69, 9.17) is 5.73 Å². The van der Waals surface area contributed by atoms with Crippen LogP contribution in [-0.4, -0.2) is 18.1 Å². The second kappa shape index (κ2) is 5.20. The predicted octanol–water partition coefficient (Wildman–Crippen LogP) is 2.28. The summed E-state index contributed by atoms with van der Waals surface area (Å²) in [5.74, 6) is -0.898. The lowest BCUT2D eigenvalue weighted by molar-refractivity contribution is 0.0582. The van der Waals surface area contributed by atoms with E-state index in [9.17, 15) is 13.6 Å². The molecule has 1 rings (SSSR count). The molecular weight excluding hydrogens is 286 g/mol. The fraction of sp³-hybridized carbons (Fsp3) is 0.333. The second-order valence-corrected chi connectivity index (χ2v) is 3.46. The summed E-state index contributed by atoms with van der Waals surface area (Å²) in [6.07, 6.45) is -2.81. The van der Waals surface area contributed by atoms with Crippen LogP contribution in [0.1, 0.15) is 28.0 Å². The van der Waals surface area contributed by atoms with Crippen LogP contribution >= 0.6 is 15.9 Å². The molecule has 0 spiro atoms. The number of aromatic nitrogens is 1. The summed E-state index contributed by atoms with van der Waals surface area (Å²) in [5, 5.41) is 0.285. The van der Waals surface area contributed by atoms with Crippen LogP contribution in [0.25, 0.3) is 0 Å². The normalized spacial score (nSPS) is 10.6. The minimum absolute atomic E-state index is 0.0293. The Morgan fingerprint density at radius 3 is 2.75 bits per heavy atom. The maximum absolute atomic E-state index is 12.7. The van der Waals surface area contributed by atoms with Gasteiger partial charge in [-0.05, 0) is 6.07 Å². The summed E-state index contributed by atoms with van der Waals surface area (Å²) in [5.41, 5.74) is 4.98. The molecule has 88 valence electrons. The summed E-state index contributed by atoms with van der Waals surface area (Å²) < 4.78 is 29.7. The number of hydrogen-bond acceptors (Lipinski definition) is 4. The fourth-order valence-corrected chi connectivity index (χ4v) is 1.57. The third-order valence-corrected chi connectivity index (χ3v) is 2.53.